The van der Waals surface area contributed by atoms with Gasteiger partial charge in [0.1, 0.15) is 11.1 Å². The van der Waals surface area contributed by atoms with Crippen LogP contribution in [0.4, 0.5) is 0 Å². The first-order valence-electron chi connectivity index (χ1n) is 10.6. The number of pyridine rings is 1. The van der Waals surface area contributed by atoms with Crippen molar-refractivity contribution in [1.29, 1.82) is 5.26 Å². The monoisotopic (exact) mass is 540 g/mol. The number of aliphatic hydroxyl groups excluding tert-OH is 1. The maximum atomic E-state index is 12.6. The number of thiophene rings is 1. The molecule has 0 fully saturated rings. The molecule has 1 N–H and O–H groups in total. The van der Waals surface area contributed by atoms with Crippen molar-refractivity contribution in [1.82, 2.24) is 4.98 Å². The van der Waals surface area contributed by atoms with Gasteiger partial charge in [-0.3, -0.25) is 0 Å². The van der Waals surface area contributed by atoms with Gasteiger partial charge in [-0.2, -0.15) is 5.26 Å². The first-order valence-corrected chi connectivity index (χ1v) is 14.7. The standard InChI is InChI=1S/C26H21ClN2O3S3/c27-20-10-8-18(9-11-20)16-35(31,32)17-21(30)15-34-26-23(14-28)22(19-5-2-1-3-6-19)13-24(29-26)25-7-4-12-33-25/h1-13,21,30H,15-17H2/t21-/m0/s1. The maximum absolute atomic E-state index is 12.6. The molecule has 0 saturated heterocycles. The molecule has 0 bridgehead atoms. The van der Waals surface area contributed by atoms with Crippen molar-refractivity contribution in [2.75, 3.05) is 11.5 Å². The number of nitriles is 1. The minimum Gasteiger partial charge on any atom is -0.391 e. The SMILES string of the molecule is N#Cc1c(-c2ccccc2)cc(-c2cccs2)nc1SC[C@H](O)CS(=O)(=O)Cc1ccc(Cl)cc1. The highest BCUT2D eigenvalue weighted by molar-refractivity contribution is 7.99. The van der Waals surface area contributed by atoms with Gasteiger partial charge in [0, 0.05) is 16.3 Å². The fourth-order valence-corrected chi connectivity index (χ4v) is 6.95. The number of aromatic nitrogens is 1. The number of halogens is 1. The number of aliphatic hydroxyl groups is 1. The third-order valence-corrected chi connectivity index (χ3v) is 9.05. The van der Waals surface area contributed by atoms with Gasteiger partial charge in [-0.25, -0.2) is 13.4 Å². The summed E-state index contributed by atoms with van der Waals surface area (Å²) in [6, 6.07) is 24.2. The van der Waals surface area contributed by atoms with E-state index >= 15 is 0 Å². The lowest BCUT2D eigenvalue weighted by atomic mass is 10.0. The topological polar surface area (TPSA) is 91.0 Å². The molecule has 2 heterocycles. The number of benzene rings is 2. The molecular formula is C26H21ClN2O3S3. The Morgan fingerprint density at radius 2 is 1.83 bits per heavy atom. The summed E-state index contributed by atoms with van der Waals surface area (Å²) in [4.78, 5) is 5.65. The van der Waals surface area contributed by atoms with E-state index in [1.165, 1.54) is 11.8 Å². The Hall–Kier alpha value is -2.67. The van der Waals surface area contributed by atoms with E-state index in [9.17, 15) is 18.8 Å². The van der Waals surface area contributed by atoms with E-state index in [-0.39, 0.29) is 17.3 Å². The average molecular weight is 541 g/mol. The van der Waals surface area contributed by atoms with E-state index in [1.807, 2.05) is 53.9 Å². The molecule has 1 atom stereocenters. The Morgan fingerprint density at radius 1 is 1.09 bits per heavy atom. The molecule has 35 heavy (non-hydrogen) atoms. The average Bonchev–Trinajstić information content (AvgIpc) is 3.39. The molecule has 2 aromatic carbocycles. The van der Waals surface area contributed by atoms with Gasteiger partial charge in [-0.05, 0) is 40.8 Å². The largest absolute Gasteiger partial charge is 0.391 e. The van der Waals surface area contributed by atoms with E-state index in [1.54, 1.807) is 35.6 Å². The predicted octanol–water partition coefficient (Wildman–Crippen LogP) is 6.07. The first-order chi connectivity index (χ1) is 16.8. The Labute approximate surface area is 218 Å². The van der Waals surface area contributed by atoms with E-state index in [0.717, 1.165) is 21.7 Å². The van der Waals surface area contributed by atoms with Crippen LogP contribution in [0.5, 0.6) is 0 Å². The van der Waals surface area contributed by atoms with Crippen molar-refractivity contribution < 1.29 is 13.5 Å². The summed E-state index contributed by atoms with van der Waals surface area (Å²) in [5, 5.41) is 23.4. The lowest BCUT2D eigenvalue weighted by Gasteiger charge is -2.14. The van der Waals surface area contributed by atoms with Crippen LogP contribution in [0.2, 0.25) is 5.02 Å². The van der Waals surface area contributed by atoms with Crippen molar-refractivity contribution in [2.24, 2.45) is 0 Å². The summed E-state index contributed by atoms with van der Waals surface area (Å²) in [6.07, 6.45) is -1.11. The molecule has 9 heteroatoms. The highest BCUT2D eigenvalue weighted by atomic mass is 35.5. The molecule has 5 nitrogen and oxygen atoms in total. The quantitative estimate of drug-likeness (QED) is 0.259. The van der Waals surface area contributed by atoms with Crippen LogP contribution in [0.3, 0.4) is 0 Å². The fourth-order valence-electron chi connectivity index (χ4n) is 3.54. The molecule has 0 saturated carbocycles. The molecule has 0 aliphatic carbocycles. The summed E-state index contributed by atoms with van der Waals surface area (Å²) in [5.74, 6) is -0.482. The minimum atomic E-state index is -3.55. The lowest BCUT2D eigenvalue weighted by molar-refractivity contribution is 0.222. The molecule has 0 radical (unpaired) electrons. The number of hydrogen-bond acceptors (Lipinski definition) is 7. The van der Waals surface area contributed by atoms with E-state index in [4.69, 9.17) is 16.6 Å². The summed E-state index contributed by atoms with van der Waals surface area (Å²) in [5.41, 5.74) is 3.37. The van der Waals surface area contributed by atoms with Crippen molar-refractivity contribution in [3.8, 4) is 27.8 Å². The van der Waals surface area contributed by atoms with Crippen LogP contribution in [0.25, 0.3) is 21.7 Å². The van der Waals surface area contributed by atoms with Crippen LogP contribution < -0.4 is 0 Å². The third-order valence-electron chi connectivity index (χ3n) is 5.12. The maximum Gasteiger partial charge on any atom is 0.157 e. The van der Waals surface area contributed by atoms with Crippen LogP contribution >= 0.6 is 34.7 Å². The summed E-state index contributed by atoms with van der Waals surface area (Å²) in [6.45, 7) is 0. The second-order valence-electron chi connectivity index (χ2n) is 7.84. The van der Waals surface area contributed by atoms with Gasteiger partial charge >= 0.3 is 0 Å². The molecular weight excluding hydrogens is 520 g/mol. The third kappa shape index (κ3) is 6.72. The summed E-state index contributed by atoms with van der Waals surface area (Å²) >= 11 is 8.60. The number of rotatable bonds is 9. The molecule has 0 amide bonds. The van der Waals surface area contributed by atoms with Crippen molar-refractivity contribution >= 4 is 44.5 Å². The van der Waals surface area contributed by atoms with E-state index in [2.05, 4.69) is 6.07 Å². The van der Waals surface area contributed by atoms with E-state index < -0.39 is 15.9 Å². The molecule has 0 aliphatic rings. The van der Waals surface area contributed by atoms with Gasteiger partial charge in [0.2, 0.25) is 0 Å². The zero-order valence-electron chi connectivity index (χ0n) is 18.5. The molecule has 4 rings (SSSR count). The van der Waals surface area contributed by atoms with Crippen LogP contribution in [0, 0.1) is 11.3 Å². The summed E-state index contributed by atoms with van der Waals surface area (Å²) in [7, 11) is -3.55. The Kier molecular flexibility index (Phi) is 8.26. The van der Waals surface area contributed by atoms with Crippen LogP contribution in [-0.2, 0) is 15.6 Å². The van der Waals surface area contributed by atoms with Crippen LogP contribution in [0.15, 0.2) is 83.2 Å². The van der Waals surface area contributed by atoms with Gasteiger partial charge in [0.25, 0.3) is 0 Å². The second-order valence-corrected chi connectivity index (χ2v) is 12.3. The lowest BCUT2D eigenvalue weighted by Crippen LogP contribution is -2.24. The normalized spacial score (nSPS) is 12.3. The van der Waals surface area contributed by atoms with Crippen molar-refractivity contribution in [3.05, 3.63) is 94.3 Å². The molecule has 0 spiro atoms. The number of sulfone groups is 1. The van der Waals surface area contributed by atoms with Crippen LogP contribution in [0.1, 0.15) is 11.1 Å². The molecule has 178 valence electrons. The van der Waals surface area contributed by atoms with Gasteiger partial charge in [0.15, 0.2) is 9.84 Å². The smallest absolute Gasteiger partial charge is 0.157 e. The zero-order chi connectivity index (χ0) is 24.8. The van der Waals surface area contributed by atoms with Gasteiger partial charge in [0.05, 0.1) is 33.7 Å². The zero-order valence-corrected chi connectivity index (χ0v) is 21.7. The second kappa shape index (κ2) is 11.4. The highest BCUT2D eigenvalue weighted by Crippen LogP contribution is 2.35. The molecule has 4 aromatic rings. The van der Waals surface area contributed by atoms with Gasteiger partial charge in [-0.15, -0.1) is 23.1 Å². The number of hydrogen-bond donors (Lipinski definition) is 1. The van der Waals surface area contributed by atoms with Gasteiger partial charge < -0.3 is 5.11 Å². The van der Waals surface area contributed by atoms with Gasteiger partial charge in [-0.1, -0.05) is 60.1 Å². The fraction of sp³-hybridized carbons (Fsp3) is 0.154. The van der Waals surface area contributed by atoms with E-state index in [0.29, 0.717) is 21.2 Å². The molecule has 0 aliphatic heterocycles. The van der Waals surface area contributed by atoms with Crippen LogP contribution in [-0.4, -0.2) is 36.1 Å². The van der Waals surface area contributed by atoms with Crippen molar-refractivity contribution in [3.63, 3.8) is 0 Å². The summed E-state index contributed by atoms with van der Waals surface area (Å²) < 4.78 is 25.2. The Morgan fingerprint density at radius 3 is 2.49 bits per heavy atom. The Bertz CT molecular complexity index is 1430. The molecule has 0 unspecified atom stereocenters. The Balaban J connectivity index is 1.55. The first kappa shape index (κ1) is 25.4. The number of thioether (sulfide) groups is 1. The highest BCUT2D eigenvalue weighted by Gasteiger charge is 2.21. The molecule has 2 aromatic heterocycles. The predicted molar refractivity (Wildman–Crippen MR) is 143 cm³/mol. The number of nitrogens with zero attached hydrogens (tertiary/aromatic N) is 2. The van der Waals surface area contributed by atoms with Crippen molar-refractivity contribution in [2.45, 2.75) is 16.9 Å². The minimum absolute atomic E-state index is 0.0870.